The molecule has 2 N–H and O–H groups in total. The highest BCUT2D eigenvalue weighted by atomic mass is 35.5. The Balaban J connectivity index is 2.81. The Bertz CT molecular complexity index is 463. The molecule has 3 amide bonds. The smallest absolute Gasteiger partial charge is 0.322 e. The molecule has 1 aromatic rings. The van der Waals surface area contributed by atoms with Gasteiger partial charge in [-0.25, -0.2) is 9.18 Å². The third-order valence-electron chi connectivity index (χ3n) is 1.91. The normalized spacial score (nSPS) is 10.9. The summed E-state index contributed by atoms with van der Waals surface area (Å²) < 4.78 is 13.4. The van der Waals surface area contributed by atoms with Crippen LogP contribution < -0.4 is 10.6 Å². The number of benzene rings is 1. The van der Waals surface area contributed by atoms with Gasteiger partial charge in [0.1, 0.15) is 5.82 Å². The molecule has 98 valence electrons. The van der Waals surface area contributed by atoms with Crippen LogP contribution in [0.3, 0.4) is 0 Å². The lowest BCUT2D eigenvalue weighted by atomic mass is 10.1. The van der Waals surface area contributed by atoms with Crippen molar-refractivity contribution in [3.63, 3.8) is 0 Å². The van der Waals surface area contributed by atoms with Crippen LogP contribution in [-0.2, 0) is 0 Å². The second-order valence-corrected chi connectivity index (χ2v) is 5.16. The Morgan fingerprint density at radius 3 is 2.39 bits per heavy atom. The summed E-state index contributed by atoms with van der Waals surface area (Å²) in [6.45, 7) is 5.27. The third kappa shape index (κ3) is 4.00. The maximum absolute atomic E-state index is 13.4. The Morgan fingerprint density at radius 2 is 1.89 bits per heavy atom. The minimum Gasteiger partial charge on any atom is -0.333 e. The second kappa shape index (κ2) is 5.35. The highest BCUT2D eigenvalue weighted by Crippen LogP contribution is 2.18. The molecule has 0 atom stereocenters. The number of nitrogens with one attached hydrogen (secondary N) is 2. The molecule has 0 aliphatic heterocycles. The summed E-state index contributed by atoms with van der Waals surface area (Å²) in [5, 5.41) is 4.50. The molecule has 6 heteroatoms. The predicted molar refractivity (Wildman–Crippen MR) is 67.2 cm³/mol. The summed E-state index contributed by atoms with van der Waals surface area (Å²) in [5.74, 6) is -1.65. The van der Waals surface area contributed by atoms with Crippen molar-refractivity contribution in [2.75, 3.05) is 0 Å². The first kappa shape index (κ1) is 14.4. The molecule has 1 rings (SSSR count). The molecule has 0 fully saturated rings. The van der Waals surface area contributed by atoms with Crippen molar-refractivity contribution in [3.05, 3.63) is 34.6 Å². The first-order valence-electron chi connectivity index (χ1n) is 5.28. The molecule has 0 saturated carbocycles. The maximum Gasteiger partial charge on any atom is 0.322 e. The standard InChI is InChI=1S/C12H14ClFN2O2/c1-12(2,3)16-11(18)15-10(17)9-7(13)5-4-6-8(9)14/h4-6H,1-3H3,(H2,15,16,17,18). The van der Waals surface area contributed by atoms with Crippen LogP contribution in [0.15, 0.2) is 18.2 Å². The number of urea groups is 1. The van der Waals surface area contributed by atoms with E-state index in [1.165, 1.54) is 12.1 Å². The van der Waals surface area contributed by atoms with Gasteiger partial charge < -0.3 is 5.32 Å². The zero-order valence-corrected chi connectivity index (χ0v) is 11.1. The molecule has 0 saturated heterocycles. The molecule has 0 spiro atoms. The summed E-state index contributed by atoms with van der Waals surface area (Å²) >= 11 is 5.71. The van der Waals surface area contributed by atoms with Crippen molar-refractivity contribution in [1.29, 1.82) is 0 Å². The van der Waals surface area contributed by atoms with Gasteiger partial charge in [-0.05, 0) is 32.9 Å². The fourth-order valence-electron chi connectivity index (χ4n) is 1.25. The molecule has 0 aromatic heterocycles. The van der Waals surface area contributed by atoms with E-state index in [-0.39, 0.29) is 10.6 Å². The fourth-order valence-corrected chi connectivity index (χ4v) is 1.50. The molecule has 4 nitrogen and oxygen atoms in total. The highest BCUT2D eigenvalue weighted by molar-refractivity contribution is 6.34. The predicted octanol–water partition coefficient (Wildman–Crippen LogP) is 2.72. The van der Waals surface area contributed by atoms with Crippen LogP contribution in [-0.4, -0.2) is 17.5 Å². The van der Waals surface area contributed by atoms with Gasteiger partial charge in [0.15, 0.2) is 0 Å². The molecule has 0 radical (unpaired) electrons. The van der Waals surface area contributed by atoms with Crippen LogP contribution in [0.1, 0.15) is 31.1 Å². The highest BCUT2D eigenvalue weighted by Gasteiger charge is 2.20. The Morgan fingerprint density at radius 1 is 1.28 bits per heavy atom. The summed E-state index contributed by atoms with van der Waals surface area (Å²) in [6, 6.07) is 3.15. The maximum atomic E-state index is 13.4. The van der Waals surface area contributed by atoms with Crippen LogP contribution in [0, 0.1) is 5.82 Å². The van der Waals surface area contributed by atoms with Gasteiger partial charge in [-0.2, -0.15) is 0 Å². The van der Waals surface area contributed by atoms with Crippen molar-refractivity contribution in [3.8, 4) is 0 Å². The van der Waals surface area contributed by atoms with Gasteiger partial charge >= 0.3 is 6.03 Å². The van der Waals surface area contributed by atoms with E-state index in [0.29, 0.717) is 0 Å². The average molecular weight is 273 g/mol. The molecule has 0 bridgehead atoms. The van der Waals surface area contributed by atoms with E-state index in [4.69, 9.17) is 11.6 Å². The van der Waals surface area contributed by atoms with Gasteiger partial charge in [-0.1, -0.05) is 17.7 Å². The van der Waals surface area contributed by atoms with Crippen molar-refractivity contribution in [1.82, 2.24) is 10.6 Å². The van der Waals surface area contributed by atoms with E-state index < -0.39 is 23.3 Å². The summed E-state index contributed by atoms with van der Waals surface area (Å²) in [7, 11) is 0. The van der Waals surface area contributed by atoms with Gasteiger partial charge in [-0.15, -0.1) is 0 Å². The molecule has 0 aliphatic carbocycles. The number of halogens is 2. The van der Waals surface area contributed by atoms with Gasteiger partial charge in [-0.3, -0.25) is 10.1 Å². The minimum absolute atomic E-state index is 0.0453. The second-order valence-electron chi connectivity index (χ2n) is 4.75. The van der Waals surface area contributed by atoms with E-state index >= 15 is 0 Å². The van der Waals surface area contributed by atoms with E-state index in [0.717, 1.165) is 6.07 Å². The first-order chi connectivity index (χ1) is 8.20. The van der Waals surface area contributed by atoms with Crippen molar-refractivity contribution in [2.45, 2.75) is 26.3 Å². The topological polar surface area (TPSA) is 58.2 Å². The van der Waals surface area contributed by atoms with E-state index in [1.807, 2.05) is 5.32 Å². The van der Waals surface area contributed by atoms with Crippen molar-refractivity contribution >= 4 is 23.5 Å². The Kier molecular flexibility index (Phi) is 4.29. The van der Waals surface area contributed by atoms with Gasteiger partial charge in [0, 0.05) is 5.54 Å². The monoisotopic (exact) mass is 272 g/mol. The van der Waals surface area contributed by atoms with Crippen LogP contribution >= 0.6 is 11.6 Å². The third-order valence-corrected chi connectivity index (χ3v) is 2.22. The number of rotatable bonds is 1. The summed E-state index contributed by atoms with van der Waals surface area (Å²) in [4.78, 5) is 23.1. The Labute approximate surface area is 110 Å². The largest absolute Gasteiger partial charge is 0.333 e. The number of amides is 3. The van der Waals surface area contributed by atoms with Gasteiger partial charge in [0.05, 0.1) is 10.6 Å². The molecule has 0 heterocycles. The van der Waals surface area contributed by atoms with Gasteiger partial charge in [0.2, 0.25) is 0 Å². The van der Waals surface area contributed by atoms with Gasteiger partial charge in [0.25, 0.3) is 5.91 Å². The van der Waals surface area contributed by atoms with E-state index in [9.17, 15) is 14.0 Å². The quantitative estimate of drug-likeness (QED) is 0.826. The lowest BCUT2D eigenvalue weighted by molar-refractivity contribution is 0.0959. The number of carbonyl (C=O) groups excluding carboxylic acids is 2. The molecule has 0 unspecified atom stereocenters. The lowest BCUT2D eigenvalue weighted by Gasteiger charge is -2.20. The lowest BCUT2D eigenvalue weighted by Crippen LogP contribution is -2.48. The number of hydrogen-bond donors (Lipinski definition) is 2. The number of carbonyl (C=O) groups is 2. The number of imide groups is 1. The van der Waals surface area contributed by atoms with Crippen LogP contribution in [0.5, 0.6) is 0 Å². The number of hydrogen-bond acceptors (Lipinski definition) is 2. The van der Waals surface area contributed by atoms with Crippen LogP contribution in [0.25, 0.3) is 0 Å². The Hall–Kier alpha value is -1.62. The molecule has 0 aliphatic rings. The summed E-state index contributed by atoms with van der Waals surface area (Å²) in [5.41, 5.74) is -0.841. The first-order valence-corrected chi connectivity index (χ1v) is 5.66. The molecular weight excluding hydrogens is 259 g/mol. The molecule has 18 heavy (non-hydrogen) atoms. The minimum atomic E-state index is -0.875. The SMILES string of the molecule is CC(C)(C)NC(=O)NC(=O)c1c(F)cccc1Cl. The fraction of sp³-hybridized carbons (Fsp3) is 0.333. The molecular formula is C12H14ClFN2O2. The summed E-state index contributed by atoms with van der Waals surface area (Å²) in [6.07, 6.45) is 0. The van der Waals surface area contributed by atoms with E-state index in [1.54, 1.807) is 20.8 Å². The van der Waals surface area contributed by atoms with E-state index in [2.05, 4.69) is 5.32 Å². The zero-order valence-electron chi connectivity index (χ0n) is 10.3. The van der Waals surface area contributed by atoms with Crippen LogP contribution in [0.2, 0.25) is 5.02 Å². The zero-order chi connectivity index (χ0) is 13.9. The molecule has 1 aromatic carbocycles. The van der Waals surface area contributed by atoms with Crippen molar-refractivity contribution < 1.29 is 14.0 Å². The van der Waals surface area contributed by atoms with Crippen LogP contribution in [0.4, 0.5) is 9.18 Å². The van der Waals surface area contributed by atoms with Crippen molar-refractivity contribution in [2.24, 2.45) is 0 Å². The average Bonchev–Trinajstić information content (AvgIpc) is 2.13.